The number of aliphatic hydroxyl groups excluding tert-OH is 1. The van der Waals surface area contributed by atoms with Crippen LogP contribution in [-0.4, -0.2) is 37.5 Å². The van der Waals surface area contributed by atoms with Crippen LogP contribution >= 0.6 is 12.4 Å². The SMILES string of the molecule is CCc1cc2c(cc1CC)CC(NCC(O)c1cccc(NS(C)(=O)=O)c1O)C2.Cl. The van der Waals surface area contributed by atoms with Gasteiger partial charge in [0.25, 0.3) is 0 Å². The Labute approximate surface area is 185 Å². The van der Waals surface area contributed by atoms with E-state index in [1.54, 1.807) is 12.1 Å². The van der Waals surface area contributed by atoms with E-state index in [0.717, 1.165) is 31.9 Å². The number of fused-ring (bicyclic) bond motifs is 1. The zero-order valence-electron chi connectivity index (χ0n) is 17.6. The van der Waals surface area contributed by atoms with Crippen molar-refractivity contribution in [1.29, 1.82) is 0 Å². The van der Waals surface area contributed by atoms with Gasteiger partial charge < -0.3 is 15.5 Å². The van der Waals surface area contributed by atoms with E-state index in [2.05, 4.69) is 36.0 Å². The summed E-state index contributed by atoms with van der Waals surface area (Å²) in [6.07, 6.45) is 3.97. The number of anilines is 1. The van der Waals surface area contributed by atoms with E-state index in [1.807, 2.05) is 0 Å². The third-order valence-electron chi connectivity index (χ3n) is 5.54. The summed E-state index contributed by atoms with van der Waals surface area (Å²) in [4.78, 5) is 0. The predicted octanol–water partition coefficient (Wildman–Crippen LogP) is 3.10. The van der Waals surface area contributed by atoms with Crippen molar-refractivity contribution < 1.29 is 18.6 Å². The summed E-state index contributed by atoms with van der Waals surface area (Å²) in [6.45, 7) is 4.64. The minimum absolute atomic E-state index is 0. The van der Waals surface area contributed by atoms with Crippen molar-refractivity contribution >= 4 is 28.1 Å². The summed E-state index contributed by atoms with van der Waals surface area (Å²) in [5.74, 6) is -0.248. The van der Waals surface area contributed by atoms with Crippen LogP contribution in [0.25, 0.3) is 0 Å². The fraction of sp³-hybridized carbons (Fsp3) is 0.455. The van der Waals surface area contributed by atoms with Crippen molar-refractivity contribution in [3.8, 4) is 5.75 Å². The fourth-order valence-corrected chi connectivity index (χ4v) is 4.64. The second-order valence-electron chi connectivity index (χ2n) is 7.74. The molecule has 0 amide bonds. The molecular weight excluding hydrogens is 424 g/mol. The monoisotopic (exact) mass is 454 g/mol. The molecule has 4 N–H and O–H groups in total. The second-order valence-corrected chi connectivity index (χ2v) is 9.49. The van der Waals surface area contributed by atoms with E-state index < -0.39 is 16.1 Å². The zero-order valence-corrected chi connectivity index (χ0v) is 19.2. The molecule has 0 fully saturated rings. The molecule has 0 aliphatic heterocycles. The minimum atomic E-state index is -3.52. The van der Waals surface area contributed by atoms with E-state index in [1.165, 1.54) is 28.3 Å². The second kappa shape index (κ2) is 10.0. The van der Waals surface area contributed by atoms with Gasteiger partial charge in [-0.3, -0.25) is 4.72 Å². The zero-order chi connectivity index (χ0) is 21.2. The first-order valence-electron chi connectivity index (χ1n) is 10.1. The number of hydrogen-bond donors (Lipinski definition) is 4. The molecule has 1 aliphatic rings. The molecule has 0 aromatic heterocycles. The lowest BCUT2D eigenvalue weighted by Gasteiger charge is -2.18. The van der Waals surface area contributed by atoms with Gasteiger partial charge in [0.05, 0.1) is 18.0 Å². The third-order valence-corrected chi connectivity index (χ3v) is 6.13. The van der Waals surface area contributed by atoms with Crippen LogP contribution in [0.2, 0.25) is 0 Å². The molecule has 30 heavy (non-hydrogen) atoms. The van der Waals surface area contributed by atoms with Crippen LogP contribution < -0.4 is 10.0 Å². The van der Waals surface area contributed by atoms with Crippen molar-refractivity contribution in [2.75, 3.05) is 17.5 Å². The Kier molecular flexibility index (Phi) is 8.16. The number of phenols is 1. The number of phenolic OH excluding ortho intramolecular Hbond substituents is 1. The molecular formula is C22H31ClN2O4S. The van der Waals surface area contributed by atoms with E-state index in [-0.39, 0.29) is 36.4 Å². The van der Waals surface area contributed by atoms with Crippen LogP contribution in [0, 0.1) is 0 Å². The highest BCUT2D eigenvalue weighted by molar-refractivity contribution is 7.92. The van der Waals surface area contributed by atoms with Gasteiger partial charge in [-0.05, 0) is 54.0 Å². The molecule has 6 nitrogen and oxygen atoms in total. The Morgan fingerprint density at radius 1 is 1.10 bits per heavy atom. The molecule has 1 atom stereocenters. The summed E-state index contributed by atoms with van der Waals surface area (Å²) in [5.41, 5.74) is 5.92. The van der Waals surface area contributed by atoms with Crippen LogP contribution in [0.1, 0.15) is 47.8 Å². The number of aromatic hydroxyl groups is 1. The smallest absolute Gasteiger partial charge is 0.229 e. The van der Waals surface area contributed by atoms with Crippen molar-refractivity contribution in [3.05, 3.63) is 58.1 Å². The Balaban J connectivity index is 0.00000320. The Bertz CT molecular complexity index is 962. The van der Waals surface area contributed by atoms with Crippen LogP contribution in [0.3, 0.4) is 0 Å². The van der Waals surface area contributed by atoms with Gasteiger partial charge in [0.15, 0.2) is 0 Å². The van der Waals surface area contributed by atoms with Crippen LogP contribution in [0.5, 0.6) is 5.75 Å². The van der Waals surface area contributed by atoms with Crippen LogP contribution in [-0.2, 0) is 35.7 Å². The maximum atomic E-state index is 11.4. The van der Waals surface area contributed by atoms with E-state index in [9.17, 15) is 18.6 Å². The topological polar surface area (TPSA) is 98.7 Å². The van der Waals surface area contributed by atoms with Gasteiger partial charge in [0.2, 0.25) is 10.0 Å². The predicted molar refractivity (Wildman–Crippen MR) is 123 cm³/mol. The highest BCUT2D eigenvalue weighted by atomic mass is 35.5. The van der Waals surface area contributed by atoms with E-state index in [4.69, 9.17) is 0 Å². The summed E-state index contributed by atoms with van der Waals surface area (Å²) < 4.78 is 25.1. The Morgan fingerprint density at radius 2 is 1.67 bits per heavy atom. The third kappa shape index (κ3) is 5.66. The Hall–Kier alpha value is -1.80. The summed E-state index contributed by atoms with van der Waals surface area (Å²) in [7, 11) is -3.52. The highest BCUT2D eigenvalue weighted by Crippen LogP contribution is 2.33. The summed E-state index contributed by atoms with van der Waals surface area (Å²) in [6, 6.07) is 9.53. The number of benzene rings is 2. The van der Waals surface area contributed by atoms with Crippen molar-refractivity contribution in [3.63, 3.8) is 0 Å². The van der Waals surface area contributed by atoms with Gasteiger partial charge in [0, 0.05) is 18.2 Å². The number of aliphatic hydroxyl groups is 1. The number of aryl methyl sites for hydroxylation is 2. The molecule has 0 bridgehead atoms. The summed E-state index contributed by atoms with van der Waals surface area (Å²) in [5, 5.41) is 24.3. The number of nitrogens with one attached hydrogen (secondary N) is 2. The molecule has 0 saturated heterocycles. The average Bonchev–Trinajstić information content (AvgIpc) is 3.07. The molecule has 0 heterocycles. The normalized spacial score (nSPS) is 14.8. The lowest BCUT2D eigenvalue weighted by molar-refractivity contribution is 0.166. The first kappa shape index (κ1) is 24.5. The standard InChI is InChI=1S/C22H30N2O4S.ClH/c1-4-14-9-16-11-18(12-17(16)10-15(14)5-2)23-13-21(25)19-7-6-8-20(22(19)26)24-29(3,27)28;/h6-10,18,21,23-26H,4-5,11-13H2,1-3H3;1H. The summed E-state index contributed by atoms with van der Waals surface area (Å²) >= 11 is 0. The number of sulfonamides is 1. The molecule has 0 saturated carbocycles. The lowest BCUT2D eigenvalue weighted by atomic mass is 9.97. The van der Waals surface area contributed by atoms with E-state index in [0.29, 0.717) is 5.56 Å². The molecule has 1 unspecified atom stereocenters. The maximum Gasteiger partial charge on any atom is 0.229 e. The average molecular weight is 455 g/mol. The molecule has 2 aromatic rings. The van der Waals surface area contributed by atoms with Crippen molar-refractivity contribution in [2.24, 2.45) is 0 Å². The number of rotatable bonds is 8. The number of para-hydroxylation sites is 1. The first-order valence-corrected chi connectivity index (χ1v) is 12.0. The highest BCUT2D eigenvalue weighted by Gasteiger charge is 2.24. The van der Waals surface area contributed by atoms with Crippen molar-refractivity contribution in [1.82, 2.24) is 5.32 Å². The largest absolute Gasteiger partial charge is 0.505 e. The molecule has 1 aliphatic carbocycles. The van der Waals surface area contributed by atoms with Crippen LogP contribution in [0.4, 0.5) is 5.69 Å². The molecule has 3 rings (SSSR count). The van der Waals surface area contributed by atoms with Gasteiger partial charge >= 0.3 is 0 Å². The molecule has 0 radical (unpaired) electrons. The number of hydrogen-bond acceptors (Lipinski definition) is 5. The lowest BCUT2D eigenvalue weighted by Crippen LogP contribution is -2.33. The van der Waals surface area contributed by atoms with Gasteiger partial charge in [-0.25, -0.2) is 8.42 Å². The van der Waals surface area contributed by atoms with Gasteiger partial charge in [-0.15, -0.1) is 12.4 Å². The van der Waals surface area contributed by atoms with Gasteiger partial charge in [0.1, 0.15) is 5.75 Å². The van der Waals surface area contributed by atoms with Gasteiger partial charge in [-0.2, -0.15) is 0 Å². The van der Waals surface area contributed by atoms with Crippen LogP contribution in [0.15, 0.2) is 30.3 Å². The molecule has 0 spiro atoms. The Morgan fingerprint density at radius 3 is 2.17 bits per heavy atom. The maximum absolute atomic E-state index is 11.4. The quantitative estimate of drug-likeness (QED) is 0.459. The van der Waals surface area contributed by atoms with E-state index >= 15 is 0 Å². The minimum Gasteiger partial charge on any atom is -0.505 e. The number of halogens is 1. The molecule has 166 valence electrons. The molecule has 2 aromatic carbocycles. The first-order chi connectivity index (χ1) is 13.7. The molecule has 8 heteroatoms. The van der Waals surface area contributed by atoms with Crippen molar-refractivity contribution in [2.45, 2.75) is 51.7 Å². The fourth-order valence-electron chi connectivity index (χ4n) is 4.08. The van der Waals surface area contributed by atoms with Gasteiger partial charge in [-0.1, -0.05) is 38.1 Å².